The van der Waals surface area contributed by atoms with Gasteiger partial charge in [-0.15, -0.1) is 11.3 Å². The molecule has 1 aromatic rings. The SMILES string of the molecule is CCCCOC(=O)Nc1csc(C(=O)OCC)c1C. The summed E-state index contributed by atoms with van der Waals surface area (Å²) in [5.41, 5.74) is 1.30. The summed E-state index contributed by atoms with van der Waals surface area (Å²) in [6, 6.07) is 0. The van der Waals surface area contributed by atoms with Gasteiger partial charge in [-0.25, -0.2) is 9.59 Å². The van der Waals surface area contributed by atoms with Gasteiger partial charge in [-0.3, -0.25) is 5.32 Å². The van der Waals surface area contributed by atoms with Crippen LogP contribution in [0.2, 0.25) is 0 Å². The fraction of sp³-hybridized carbons (Fsp3) is 0.538. The molecule has 0 aliphatic heterocycles. The van der Waals surface area contributed by atoms with Crippen LogP contribution in [-0.4, -0.2) is 25.3 Å². The standard InChI is InChI=1S/C13H19NO4S/c1-4-6-7-18-13(16)14-10-8-19-11(9(10)3)12(15)17-5-2/h8H,4-7H2,1-3H3,(H,14,16). The molecule has 1 rings (SSSR count). The lowest BCUT2D eigenvalue weighted by atomic mass is 10.2. The van der Waals surface area contributed by atoms with Gasteiger partial charge in [0.15, 0.2) is 0 Å². The highest BCUT2D eigenvalue weighted by Gasteiger charge is 2.17. The minimum Gasteiger partial charge on any atom is -0.462 e. The summed E-state index contributed by atoms with van der Waals surface area (Å²) in [6.45, 7) is 6.28. The van der Waals surface area contributed by atoms with E-state index in [9.17, 15) is 9.59 Å². The number of anilines is 1. The number of hydrogen-bond donors (Lipinski definition) is 1. The third kappa shape index (κ3) is 4.55. The Kier molecular flexibility index (Phi) is 6.35. The zero-order chi connectivity index (χ0) is 14.3. The lowest BCUT2D eigenvalue weighted by Gasteiger charge is -2.06. The van der Waals surface area contributed by atoms with Crippen molar-refractivity contribution in [1.82, 2.24) is 0 Å². The van der Waals surface area contributed by atoms with Gasteiger partial charge >= 0.3 is 12.1 Å². The van der Waals surface area contributed by atoms with Crippen LogP contribution in [0.15, 0.2) is 5.38 Å². The van der Waals surface area contributed by atoms with Gasteiger partial charge in [-0.05, 0) is 25.8 Å². The highest BCUT2D eigenvalue weighted by Crippen LogP contribution is 2.27. The van der Waals surface area contributed by atoms with E-state index in [4.69, 9.17) is 9.47 Å². The normalized spacial score (nSPS) is 10.1. The summed E-state index contributed by atoms with van der Waals surface area (Å²) >= 11 is 1.25. The number of amides is 1. The zero-order valence-electron chi connectivity index (χ0n) is 11.4. The quantitative estimate of drug-likeness (QED) is 0.641. The smallest absolute Gasteiger partial charge is 0.411 e. The summed E-state index contributed by atoms with van der Waals surface area (Å²) < 4.78 is 9.93. The predicted molar refractivity (Wildman–Crippen MR) is 74.9 cm³/mol. The summed E-state index contributed by atoms with van der Waals surface area (Å²) in [6.07, 6.45) is 1.31. The number of unbranched alkanes of at least 4 members (excludes halogenated alkanes) is 1. The molecule has 0 radical (unpaired) electrons. The van der Waals surface area contributed by atoms with Crippen LogP contribution < -0.4 is 5.32 Å². The van der Waals surface area contributed by atoms with Crippen LogP contribution in [0.4, 0.5) is 10.5 Å². The fourth-order valence-electron chi connectivity index (χ4n) is 1.39. The molecule has 0 fully saturated rings. The maximum Gasteiger partial charge on any atom is 0.411 e. The first-order chi connectivity index (χ1) is 9.10. The molecule has 0 aromatic carbocycles. The first-order valence-corrected chi connectivity index (χ1v) is 7.17. The Morgan fingerprint density at radius 1 is 1.32 bits per heavy atom. The Morgan fingerprint density at radius 2 is 2.05 bits per heavy atom. The van der Waals surface area contributed by atoms with Crippen molar-refractivity contribution < 1.29 is 19.1 Å². The van der Waals surface area contributed by atoms with Crippen molar-refractivity contribution in [2.75, 3.05) is 18.5 Å². The van der Waals surface area contributed by atoms with Crippen molar-refractivity contribution in [3.63, 3.8) is 0 Å². The maximum atomic E-state index is 11.6. The Hall–Kier alpha value is -1.56. The van der Waals surface area contributed by atoms with Crippen LogP contribution in [0.25, 0.3) is 0 Å². The maximum absolute atomic E-state index is 11.6. The largest absolute Gasteiger partial charge is 0.462 e. The van der Waals surface area contributed by atoms with E-state index in [2.05, 4.69) is 5.32 Å². The molecule has 1 N–H and O–H groups in total. The van der Waals surface area contributed by atoms with E-state index in [1.165, 1.54) is 11.3 Å². The molecule has 0 bridgehead atoms. The van der Waals surface area contributed by atoms with Gasteiger partial charge in [-0.2, -0.15) is 0 Å². The Balaban J connectivity index is 2.60. The molecular formula is C13H19NO4S. The van der Waals surface area contributed by atoms with Crippen molar-refractivity contribution in [1.29, 1.82) is 0 Å². The minimum absolute atomic E-state index is 0.331. The van der Waals surface area contributed by atoms with E-state index < -0.39 is 6.09 Å². The van der Waals surface area contributed by atoms with E-state index in [1.807, 2.05) is 6.92 Å². The second kappa shape index (κ2) is 7.78. The van der Waals surface area contributed by atoms with Gasteiger partial charge in [0, 0.05) is 5.38 Å². The highest BCUT2D eigenvalue weighted by atomic mass is 32.1. The van der Waals surface area contributed by atoms with Gasteiger partial charge < -0.3 is 9.47 Å². The minimum atomic E-state index is -0.496. The predicted octanol–water partition coefficient (Wildman–Crippen LogP) is 3.58. The number of esters is 1. The summed E-state index contributed by atoms with van der Waals surface area (Å²) in [7, 11) is 0. The summed E-state index contributed by atoms with van der Waals surface area (Å²) in [5.74, 6) is -0.364. The van der Waals surface area contributed by atoms with Gasteiger partial charge in [0.05, 0.1) is 18.9 Å². The van der Waals surface area contributed by atoms with E-state index >= 15 is 0 Å². The van der Waals surface area contributed by atoms with Gasteiger partial charge in [0.25, 0.3) is 0 Å². The molecule has 0 spiro atoms. The molecule has 0 unspecified atom stereocenters. The van der Waals surface area contributed by atoms with Crippen molar-refractivity contribution in [2.45, 2.75) is 33.6 Å². The second-order valence-electron chi connectivity index (χ2n) is 3.94. The lowest BCUT2D eigenvalue weighted by Crippen LogP contribution is -2.14. The average molecular weight is 285 g/mol. The molecule has 0 saturated heterocycles. The molecule has 5 nitrogen and oxygen atoms in total. The van der Waals surface area contributed by atoms with E-state index in [-0.39, 0.29) is 5.97 Å². The monoisotopic (exact) mass is 285 g/mol. The highest BCUT2D eigenvalue weighted by molar-refractivity contribution is 7.12. The number of carbonyl (C=O) groups excluding carboxylic acids is 2. The molecule has 0 atom stereocenters. The van der Waals surface area contributed by atoms with Gasteiger partial charge in [-0.1, -0.05) is 13.3 Å². The summed E-state index contributed by atoms with van der Waals surface area (Å²) in [5, 5.41) is 4.34. The number of carbonyl (C=O) groups is 2. The molecule has 0 aliphatic rings. The van der Waals surface area contributed by atoms with Gasteiger partial charge in [0.2, 0.25) is 0 Å². The average Bonchev–Trinajstić information content (AvgIpc) is 2.72. The lowest BCUT2D eigenvalue weighted by molar-refractivity contribution is 0.0531. The van der Waals surface area contributed by atoms with E-state index in [0.29, 0.717) is 29.3 Å². The number of rotatable bonds is 6. The van der Waals surface area contributed by atoms with Gasteiger partial charge in [0.1, 0.15) is 4.88 Å². The van der Waals surface area contributed by atoms with E-state index in [0.717, 1.165) is 12.8 Å². The topological polar surface area (TPSA) is 64.6 Å². The van der Waals surface area contributed by atoms with Crippen LogP contribution in [0.3, 0.4) is 0 Å². The summed E-state index contributed by atoms with van der Waals surface area (Å²) in [4.78, 5) is 23.6. The number of nitrogens with one attached hydrogen (secondary N) is 1. The van der Waals surface area contributed by atoms with Crippen molar-refractivity contribution in [2.24, 2.45) is 0 Å². The van der Waals surface area contributed by atoms with Crippen molar-refractivity contribution >= 4 is 29.1 Å². The van der Waals surface area contributed by atoms with Crippen molar-refractivity contribution in [3.05, 3.63) is 15.8 Å². The van der Waals surface area contributed by atoms with Crippen LogP contribution in [0.5, 0.6) is 0 Å². The molecule has 106 valence electrons. The van der Waals surface area contributed by atoms with Crippen LogP contribution >= 0.6 is 11.3 Å². The molecule has 0 aliphatic carbocycles. The zero-order valence-corrected chi connectivity index (χ0v) is 12.3. The first-order valence-electron chi connectivity index (χ1n) is 6.29. The Morgan fingerprint density at radius 3 is 2.68 bits per heavy atom. The van der Waals surface area contributed by atoms with Crippen molar-refractivity contribution in [3.8, 4) is 0 Å². The molecule has 1 amide bonds. The molecule has 19 heavy (non-hydrogen) atoms. The number of thiophene rings is 1. The molecule has 1 heterocycles. The second-order valence-corrected chi connectivity index (χ2v) is 4.82. The third-order valence-corrected chi connectivity index (χ3v) is 3.53. The molecular weight excluding hydrogens is 266 g/mol. The number of hydrogen-bond acceptors (Lipinski definition) is 5. The van der Waals surface area contributed by atoms with E-state index in [1.54, 1.807) is 19.2 Å². The Bertz CT molecular complexity index is 442. The third-order valence-electron chi connectivity index (χ3n) is 2.47. The Labute approximate surface area is 116 Å². The first kappa shape index (κ1) is 15.5. The number of ether oxygens (including phenoxy) is 2. The van der Waals surface area contributed by atoms with Crippen LogP contribution in [-0.2, 0) is 9.47 Å². The molecule has 6 heteroatoms. The fourth-order valence-corrected chi connectivity index (χ4v) is 2.31. The van der Waals surface area contributed by atoms with Crippen LogP contribution in [0.1, 0.15) is 41.9 Å². The molecule has 0 saturated carbocycles. The van der Waals surface area contributed by atoms with Crippen LogP contribution in [0, 0.1) is 6.92 Å². The molecule has 1 aromatic heterocycles.